The molecule has 1 aromatic heterocycles. The van der Waals surface area contributed by atoms with Crippen LogP contribution in [-0.2, 0) is 0 Å². The highest BCUT2D eigenvalue weighted by molar-refractivity contribution is 5.97. The summed E-state index contributed by atoms with van der Waals surface area (Å²) in [7, 11) is 1.64. The number of hydrogen-bond donors (Lipinski definition) is 1. The van der Waals surface area contributed by atoms with Gasteiger partial charge >= 0.3 is 6.18 Å². The van der Waals surface area contributed by atoms with E-state index in [4.69, 9.17) is 4.42 Å². The van der Waals surface area contributed by atoms with Crippen molar-refractivity contribution in [3.05, 3.63) is 24.2 Å². The standard InChI is InChI=1S/C11H15F3N2O2/c1-15-3-4-16(8-11(12,13)14)6-10(17)9-2-5-18-7-9/h2,5,7,15H,3-4,6,8H2,1H3. The highest BCUT2D eigenvalue weighted by atomic mass is 19.4. The Morgan fingerprint density at radius 3 is 2.72 bits per heavy atom. The van der Waals surface area contributed by atoms with Gasteiger partial charge in [0.1, 0.15) is 6.26 Å². The molecule has 0 fully saturated rings. The molecule has 0 bridgehead atoms. The predicted molar refractivity (Wildman–Crippen MR) is 59.5 cm³/mol. The topological polar surface area (TPSA) is 45.5 Å². The molecule has 0 aromatic carbocycles. The molecule has 0 aliphatic heterocycles. The molecule has 0 radical (unpaired) electrons. The molecule has 0 aliphatic carbocycles. The van der Waals surface area contributed by atoms with Gasteiger partial charge in [-0.25, -0.2) is 0 Å². The van der Waals surface area contributed by atoms with Crippen molar-refractivity contribution in [2.75, 3.05) is 33.2 Å². The lowest BCUT2D eigenvalue weighted by Crippen LogP contribution is -2.41. The van der Waals surface area contributed by atoms with E-state index in [2.05, 4.69) is 5.32 Å². The number of nitrogens with one attached hydrogen (secondary N) is 1. The zero-order valence-electron chi connectivity index (χ0n) is 9.96. The molecule has 0 aliphatic rings. The molecule has 1 rings (SSSR count). The molecule has 0 unspecified atom stereocenters. The number of Topliss-reactive ketones (excluding diaryl/α,β-unsaturated/α-hetero) is 1. The molecule has 1 aromatic rings. The fourth-order valence-electron chi connectivity index (χ4n) is 1.45. The van der Waals surface area contributed by atoms with Crippen molar-refractivity contribution < 1.29 is 22.4 Å². The van der Waals surface area contributed by atoms with E-state index in [1.807, 2.05) is 0 Å². The number of hydrogen-bond acceptors (Lipinski definition) is 4. The van der Waals surface area contributed by atoms with Crippen LogP contribution in [-0.4, -0.2) is 50.1 Å². The van der Waals surface area contributed by atoms with E-state index in [9.17, 15) is 18.0 Å². The van der Waals surface area contributed by atoms with Crippen LogP contribution in [0.3, 0.4) is 0 Å². The van der Waals surface area contributed by atoms with Crippen LogP contribution in [0.1, 0.15) is 10.4 Å². The number of furan rings is 1. The van der Waals surface area contributed by atoms with E-state index >= 15 is 0 Å². The lowest BCUT2D eigenvalue weighted by molar-refractivity contribution is -0.144. The Morgan fingerprint density at radius 2 is 2.22 bits per heavy atom. The molecule has 0 atom stereocenters. The van der Waals surface area contributed by atoms with Crippen molar-refractivity contribution in [1.82, 2.24) is 10.2 Å². The number of halogens is 3. The van der Waals surface area contributed by atoms with E-state index in [0.29, 0.717) is 6.54 Å². The first kappa shape index (κ1) is 14.7. The fraction of sp³-hybridized carbons (Fsp3) is 0.545. The summed E-state index contributed by atoms with van der Waals surface area (Å²) < 4.78 is 41.7. The van der Waals surface area contributed by atoms with Crippen LogP contribution >= 0.6 is 0 Å². The summed E-state index contributed by atoms with van der Waals surface area (Å²) in [4.78, 5) is 12.7. The molecule has 4 nitrogen and oxygen atoms in total. The third-order valence-electron chi connectivity index (χ3n) is 2.29. The van der Waals surface area contributed by atoms with Gasteiger partial charge in [0.2, 0.25) is 0 Å². The van der Waals surface area contributed by atoms with E-state index < -0.39 is 12.7 Å². The Morgan fingerprint density at radius 1 is 1.50 bits per heavy atom. The van der Waals surface area contributed by atoms with Crippen LogP contribution in [0.2, 0.25) is 0 Å². The highest BCUT2D eigenvalue weighted by Crippen LogP contribution is 2.16. The molecule has 102 valence electrons. The van der Waals surface area contributed by atoms with Crippen LogP contribution in [0.25, 0.3) is 0 Å². The van der Waals surface area contributed by atoms with Gasteiger partial charge in [-0.1, -0.05) is 0 Å². The average Bonchev–Trinajstić information content (AvgIpc) is 2.77. The molecule has 0 saturated carbocycles. The van der Waals surface area contributed by atoms with Crippen LogP contribution in [0.5, 0.6) is 0 Å². The van der Waals surface area contributed by atoms with E-state index in [0.717, 1.165) is 4.90 Å². The van der Waals surface area contributed by atoms with Gasteiger partial charge in [-0.3, -0.25) is 9.69 Å². The Kier molecular flexibility index (Phi) is 5.36. The summed E-state index contributed by atoms with van der Waals surface area (Å²) in [6.07, 6.45) is -1.77. The van der Waals surface area contributed by atoms with Crippen molar-refractivity contribution in [1.29, 1.82) is 0 Å². The molecule has 0 spiro atoms. The summed E-state index contributed by atoms with van der Waals surface area (Å²) in [5.74, 6) is -0.385. The van der Waals surface area contributed by atoms with Gasteiger partial charge in [-0.2, -0.15) is 13.2 Å². The lowest BCUT2D eigenvalue weighted by atomic mass is 10.2. The van der Waals surface area contributed by atoms with Crippen molar-refractivity contribution in [2.45, 2.75) is 6.18 Å². The summed E-state index contributed by atoms with van der Waals surface area (Å²) in [6.45, 7) is -0.840. The molecule has 1 N–H and O–H groups in total. The maximum absolute atomic E-state index is 12.3. The van der Waals surface area contributed by atoms with Crippen LogP contribution in [0.15, 0.2) is 23.0 Å². The maximum atomic E-state index is 12.3. The Hall–Kier alpha value is -1.34. The first-order chi connectivity index (χ1) is 8.42. The van der Waals surface area contributed by atoms with Gasteiger partial charge in [-0.15, -0.1) is 0 Å². The van der Waals surface area contributed by atoms with Gasteiger partial charge in [-0.05, 0) is 13.1 Å². The number of carbonyl (C=O) groups excluding carboxylic acids is 1. The SMILES string of the molecule is CNCCN(CC(=O)c1ccoc1)CC(F)(F)F. The first-order valence-electron chi connectivity index (χ1n) is 5.41. The van der Waals surface area contributed by atoms with Crippen LogP contribution in [0.4, 0.5) is 13.2 Å². The van der Waals surface area contributed by atoms with Crippen molar-refractivity contribution in [3.63, 3.8) is 0 Å². The van der Waals surface area contributed by atoms with Gasteiger partial charge in [0.05, 0.1) is 24.9 Å². The van der Waals surface area contributed by atoms with Crippen molar-refractivity contribution in [3.8, 4) is 0 Å². The summed E-state index contributed by atoms with van der Waals surface area (Å²) >= 11 is 0. The van der Waals surface area contributed by atoms with Crippen molar-refractivity contribution in [2.24, 2.45) is 0 Å². The number of carbonyl (C=O) groups is 1. The quantitative estimate of drug-likeness (QED) is 0.759. The number of likely N-dealkylation sites (N-methyl/N-ethyl adjacent to an activating group) is 1. The van der Waals surface area contributed by atoms with Gasteiger partial charge in [0.15, 0.2) is 5.78 Å². The van der Waals surface area contributed by atoms with Crippen LogP contribution in [0, 0.1) is 0 Å². The molecule has 7 heteroatoms. The molecular weight excluding hydrogens is 249 g/mol. The largest absolute Gasteiger partial charge is 0.472 e. The fourth-order valence-corrected chi connectivity index (χ4v) is 1.45. The molecule has 0 saturated heterocycles. The minimum absolute atomic E-state index is 0.152. The number of nitrogens with zero attached hydrogens (tertiary/aromatic N) is 1. The molecular formula is C11H15F3N2O2. The summed E-state index contributed by atoms with van der Waals surface area (Å²) in [5, 5.41) is 2.75. The number of ketones is 1. The minimum Gasteiger partial charge on any atom is -0.472 e. The average molecular weight is 264 g/mol. The molecule has 18 heavy (non-hydrogen) atoms. The third kappa shape index (κ3) is 5.33. The Bertz CT molecular complexity index is 363. The number of alkyl halides is 3. The maximum Gasteiger partial charge on any atom is 0.401 e. The second kappa shape index (κ2) is 6.55. The van der Waals surface area contributed by atoms with Gasteiger partial charge in [0, 0.05) is 13.1 Å². The first-order valence-corrected chi connectivity index (χ1v) is 5.41. The normalized spacial score (nSPS) is 12.1. The van der Waals surface area contributed by atoms with Crippen LogP contribution < -0.4 is 5.32 Å². The van der Waals surface area contributed by atoms with Crippen molar-refractivity contribution >= 4 is 5.78 Å². The minimum atomic E-state index is -4.32. The zero-order chi connectivity index (χ0) is 13.6. The smallest absolute Gasteiger partial charge is 0.401 e. The summed E-state index contributed by atoms with van der Waals surface area (Å²) in [5.41, 5.74) is 0.284. The van der Waals surface area contributed by atoms with Gasteiger partial charge < -0.3 is 9.73 Å². The van der Waals surface area contributed by atoms with E-state index in [1.54, 1.807) is 7.05 Å². The Labute approximate surface area is 103 Å². The Balaban J connectivity index is 2.57. The van der Waals surface area contributed by atoms with Gasteiger partial charge in [0.25, 0.3) is 0 Å². The molecule has 0 amide bonds. The third-order valence-corrected chi connectivity index (χ3v) is 2.29. The second-order valence-corrected chi connectivity index (χ2v) is 3.86. The second-order valence-electron chi connectivity index (χ2n) is 3.86. The number of rotatable bonds is 7. The van der Waals surface area contributed by atoms with E-state index in [-0.39, 0.29) is 24.4 Å². The monoisotopic (exact) mass is 264 g/mol. The zero-order valence-corrected chi connectivity index (χ0v) is 9.96. The predicted octanol–water partition coefficient (Wildman–Crippen LogP) is 1.55. The van der Waals surface area contributed by atoms with E-state index in [1.165, 1.54) is 18.6 Å². The lowest BCUT2D eigenvalue weighted by Gasteiger charge is -2.22. The molecule has 1 heterocycles. The summed E-state index contributed by atoms with van der Waals surface area (Å²) in [6, 6.07) is 1.44. The highest BCUT2D eigenvalue weighted by Gasteiger charge is 2.31.